The summed E-state index contributed by atoms with van der Waals surface area (Å²) in [6.45, 7) is 11.3. The number of imidazole rings is 1. The minimum absolute atomic E-state index is 0.0966. The second-order valence-electron chi connectivity index (χ2n) is 10.6. The monoisotopic (exact) mass is 470 g/mol. The van der Waals surface area contributed by atoms with Crippen molar-refractivity contribution in [3.05, 3.63) is 120 Å². The lowest BCUT2D eigenvalue weighted by molar-refractivity contribution is -0.602. The zero-order valence-corrected chi connectivity index (χ0v) is 21.7. The normalized spacial score (nSPS) is 12.0. The quantitative estimate of drug-likeness (QED) is 0.235. The lowest BCUT2D eigenvalue weighted by atomic mass is 9.83. The van der Waals surface area contributed by atoms with Crippen LogP contribution in [-0.4, -0.2) is 9.13 Å². The van der Waals surface area contributed by atoms with Crippen LogP contribution in [0.1, 0.15) is 37.7 Å². The molecule has 178 valence electrons. The highest BCUT2D eigenvalue weighted by Gasteiger charge is 2.25. The smallest absolute Gasteiger partial charge is 0.263 e. The fraction of sp³-hybridized carbons (Fsp3) is 0.182. The highest BCUT2D eigenvalue weighted by Crippen LogP contribution is 2.36. The van der Waals surface area contributed by atoms with Crippen molar-refractivity contribution >= 4 is 21.8 Å². The Hall–Kier alpha value is -4.11. The highest BCUT2D eigenvalue weighted by molar-refractivity contribution is 6.11. The van der Waals surface area contributed by atoms with E-state index in [0.29, 0.717) is 0 Å². The molecule has 2 aromatic heterocycles. The van der Waals surface area contributed by atoms with Gasteiger partial charge in [-0.3, -0.25) is 0 Å². The van der Waals surface area contributed by atoms with Gasteiger partial charge in [-0.05, 0) is 53.8 Å². The van der Waals surface area contributed by atoms with Crippen molar-refractivity contribution in [2.45, 2.75) is 40.0 Å². The molecule has 0 radical (unpaired) electrons. The second-order valence-corrected chi connectivity index (χ2v) is 10.6. The molecule has 0 unspecified atom stereocenters. The molecular weight excluding hydrogens is 438 g/mol. The van der Waals surface area contributed by atoms with E-state index in [1.54, 1.807) is 0 Å². The molecule has 0 spiro atoms. The minimum atomic E-state index is 0.0966. The van der Waals surface area contributed by atoms with Crippen LogP contribution in [0, 0.1) is 13.8 Å². The molecule has 0 fully saturated rings. The zero-order valence-electron chi connectivity index (χ0n) is 21.7. The predicted molar refractivity (Wildman–Crippen MR) is 150 cm³/mol. The summed E-state index contributed by atoms with van der Waals surface area (Å²) < 4.78 is 7.04. The van der Waals surface area contributed by atoms with Gasteiger partial charge in [0.05, 0.1) is 5.52 Å². The summed E-state index contributed by atoms with van der Waals surface area (Å²) in [6, 6.07) is 32.7. The predicted octanol–water partition coefficient (Wildman–Crippen LogP) is 7.77. The summed E-state index contributed by atoms with van der Waals surface area (Å²) >= 11 is 0. The van der Waals surface area contributed by atoms with E-state index in [4.69, 9.17) is 0 Å². The summed E-state index contributed by atoms with van der Waals surface area (Å²) in [7, 11) is 0. The minimum Gasteiger partial charge on any atom is -0.305 e. The van der Waals surface area contributed by atoms with Crippen molar-refractivity contribution in [2.75, 3.05) is 0 Å². The standard InChI is InChI=1S/C33H32N3/c1-23-28(33(3,4)5)17-12-19-29(23)34-21-22-35(24(34)2)31-20-11-16-27-26-15-9-10-18-30(26)36(32(27)31)25-13-7-6-8-14-25/h6-22H,1-5H3/q+1. The van der Waals surface area contributed by atoms with Gasteiger partial charge < -0.3 is 4.57 Å². The fourth-order valence-corrected chi connectivity index (χ4v) is 5.71. The van der Waals surface area contributed by atoms with Gasteiger partial charge in [-0.15, -0.1) is 0 Å². The van der Waals surface area contributed by atoms with Gasteiger partial charge in [-0.1, -0.05) is 81.4 Å². The van der Waals surface area contributed by atoms with Crippen molar-refractivity contribution in [3.8, 4) is 17.1 Å². The third kappa shape index (κ3) is 3.38. The number of fused-ring (bicyclic) bond motifs is 3. The van der Waals surface area contributed by atoms with Crippen LogP contribution in [0.4, 0.5) is 0 Å². The molecule has 0 atom stereocenters. The van der Waals surface area contributed by atoms with Crippen LogP contribution in [0.3, 0.4) is 0 Å². The molecule has 0 saturated heterocycles. The van der Waals surface area contributed by atoms with Crippen LogP contribution < -0.4 is 4.57 Å². The van der Waals surface area contributed by atoms with Crippen LogP contribution in [0.15, 0.2) is 103 Å². The molecule has 0 amide bonds. The molecule has 0 aliphatic carbocycles. The van der Waals surface area contributed by atoms with Gasteiger partial charge in [-0.25, -0.2) is 0 Å². The Morgan fingerprint density at radius 3 is 2.17 bits per heavy atom. The summed E-state index contributed by atoms with van der Waals surface area (Å²) in [5.74, 6) is 1.17. The van der Waals surface area contributed by atoms with E-state index in [2.05, 4.69) is 152 Å². The Morgan fingerprint density at radius 1 is 0.694 bits per heavy atom. The lowest BCUT2D eigenvalue weighted by Gasteiger charge is -2.22. The van der Waals surface area contributed by atoms with Crippen LogP contribution >= 0.6 is 0 Å². The number of aromatic nitrogens is 3. The van der Waals surface area contributed by atoms with Crippen molar-refractivity contribution in [1.82, 2.24) is 9.13 Å². The first kappa shape index (κ1) is 22.4. The Kier molecular flexibility index (Phi) is 5.11. The zero-order chi connectivity index (χ0) is 25.0. The fourth-order valence-electron chi connectivity index (χ4n) is 5.71. The van der Waals surface area contributed by atoms with Crippen molar-refractivity contribution in [2.24, 2.45) is 0 Å². The maximum Gasteiger partial charge on any atom is 0.263 e. The van der Waals surface area contributed by atoms with Crippen molar-refractivity contribution < 1.29 is 4.57 Å². The number of para-hydroxylation sites is 3. The van der Waals surface area contributed by atoms with Crippen LogP contribution in [-0.2, 0) is 5.41 Å². The van der Waals surface area contributed by atoms with Crippen LogP contribution in [0.5, 0.6) is 0 Å². The molecule has 0 saturated carbocycles. The first-order chi connectivity index (χ1) is 17.4. The summed E-state index contributed by atoms with van der Waals surface area (Å²) in [5, 5.41) is 2.53. The SMILES string of the molecule is Cc1c(-[n+]2ccn(-c3cccc4c5ccccc5n(-c5ccccc5)c34)c2C)cccc1C(C)(C)C. The molecule has 3 heteroatoms. The summed E-state index contributed by atoms with van der Waals surface area (Å²) in [5.41, 5.74) is 8.82. The van der Waals surface area contributed by atoms with E-state index in [0.717, 1.165) is 0 Å². The largest absolute Gasteiger partial charge is 0.305 e. The first-order valence-electron chi connectivity index (χ1n) is 12.6. The Labute approximate surface area is 212 Å². The van der Waals surface area contributed by atoms with E-state index >= 15 is 0 Å². The van der Waals surface area contributed by atoms with Gasteiger partial charge in [-0.2, -0.15) is 9.13 Å². The molecule has 0 N–H and O–H groups in total. The summed E-state index contributed by atoms with van der Waals surface area (Å²) in [6.07, 6.45) is 4.39. The van der Waals surface area contributed by atoms with Gasteiger partial charge in [0, 0.05) is 23.4 Å². The highest BCUT2D eigenvalue weighted by atomic mass is 15.2. The summed E-state index contributed by atoms with van der Waals surface area (Å²) in [4.78, 5) is 0. The third-order valence-corrected chi connectivity index (χ3v) is 7.38. The lowest BCUT2D eigenvalue weighted by Crippen LogP contribution is -2.34. The van der Waals surface area contributed by atoms with Crippen molar-refractivity contribution in [3.63, 3.8) is 0 Å². The van der Waals surface area contributed by atoms with E-state index in [1.807, 2.05) is 0 Å². The molecule has 0 aliphatic rings. The molecule has 3 nitrogen and oxygen atoms in total. The third-order valence-electron chi connectivity index (χ3n) is 7.38. The second kappa shape index (κ2) is 8.23. The van der Waals surface area contributed by atoms with Gasteiger partial charge in [0.25, 0.3) is 5.82 Å². The average molecular weight is 471 g/mol. The number of rotatable bonds is 3. The molecule has 0 bridgehead atoms. The molecule has 36 heavy (non-hydrogen) atoms. The topological polar surface area (TPSA) is 13.7 Å². The van der Waals surface area contributed by atoms with Crippen molar-refractivity contribution in [1.29, 1.82) is 0 Å². The molecule has 6 rings (SSSR count). The molecule has 4 aromatic carbocycles. The number of nitrogens with zero attached hydrogens (tertiary/aromatic N) is 3. The molecule has 6 aromatic rings. The first-order valence-corrected chi connectivity index (χ1v) is 12.6. The van der Waals surface area contributed by atoms with Gasteiger partial charge in [0.1, 0.15) is 23.6 Å². The van der Waals surface area contributed by atoms with E-state index in [-0.39, 0.29) is 5.41 Å². The number of hydrogen-bond donors (Lipinski definition) is 0. The molecular formula is C33H32N3+. The molecule has 0 aliphatic heterocycles. The van der Waals surface area contributed by atoms with Gasteiger partial charge in [0.2, 0.25) is 0 Å². The van der Waals surface area contributed by atoms with E-state index in [9.17, 15) is 0 Å². The Bertz CT molecular complexity index is 1730. The van der Waals surface area contributed by atoms with Crippen LogP contribution in [0.2, 0.25) is 0 Å². The van der Waals surface area contributed by atoms with Gasteiger partial charge >= 0.3 is 0 Å². The van der Waals surface area contributed by atoms with Gasteiger partial charge in [0.15, 0.2) is 5.69 Å². The van der Waals surface area contributed by atoms with E-state index < -0.39 is 0 Å². The Morgan fingerprint density at radius 2 is 1.39 bits per heavy atom. The Balaban J connectivity index is 1.63. The van der Waals surface area contributed by atoms with E-state index in [1.165, 1.54) is 55.8 Å². The number of hydrogen-bond acceptors (Lipinski definition) is 0. The average Bonchev–Trinajstić information content (AvgIpc) is 3.42. The van der Waals surface area contributed by atoms with Crippen LogP contribution in [0.25, 0.3) is 38.9 Å². The maximum absolute atomic E-state index is 2.40. The maximum atomic E-state index is 2.40. The number of benzene rings is 4. The molecule has 2 heterocycles.